The molecule has 2 rings (SSSR count). The molecule has 4 heteroatoms. The third-order valence-electron chi connectivity index (χ3n) is 3.56. The quantitative estimate of drug-likeness (QED) is 0.803. The fourth-order valence-electron chi connectivity index (χ4n) is 2.65. The second-order valence-electron chi connectivity index (χ2n) is 7.14. The molecule has 0 bridgehead atoms. The van der Waals surface area contributed by atoms with Crippen molar-refractivity contribution in [1.82, 2.24) is 9.78 Å². The number of aryl methyl sites for hydroxylation is 2. The highest BCUT2D eigenvalue weighted by Gasteiger charge is 2.17. The third kappa shape index (κ3) is 5.89. The molecular weight excluding hydrogens is 310 g/mol. The van der Waals surface area contributed by atoms with E-state index in [0.717, 1.165) is 28.9 Å². The number of nitrogens with one attached hydrogen (secondary N) is 1. The zero-order valence-corrected chi connectivity index (χ0v) is 16.6. The minimum Gasteiger partial charge on any atom is -0.321 e. The van der Waals surface area contributed by atoms with Crippen molar-refractivity contribution in [2.45, 2.75) is 48.0 Å². The van der Waals surface area contributed by atoms with Crippen molar-refractivity contribution in [2.75, 3.05) is 5.32 Å². The molecule has 4 nitrogen and oxygen atoms in total. The molecule has 1 amide bonds. The lowest BCUT2D eigenvalue weighted by Gasteiger charge is -2.21. The molecule has 0 atom stereocenters. The van der Waals surface area contributed by atoms with Gasteiger partial charge < -0.3 is 5.32 Å². The zero-order chi connectivity index (χ0) is 19.2. The van der Waals surface area contributed by atoms with Gasteiger partial charge in [0.25, 0.3) is 5.91 Å². The molecule has 0 fully saturated rings. The molecule has 1 aromatic heterocycles. The third-order valence-corrected chi connectivity index (χ3v) is 3.56. The van der Waals surface area contributed by atoms with E-state index in [2.05, 4.69) is 37.8 Å². The van der Waals surface area contributed by atoms with Gasteiger partial charge in [0, 0.05) is 24.5 Å². The standard InChI is InChI=1S/C19H25N3O.C2H6/c1-13(11-19(3,4)5)15-9-7-8-10-17(15)20-18(23)16-12-22(6)21-14(16)2;1-2/h7-10,12H,1,11H2,2-6H3,(H,20,23);1-2H3. The summed E-state index contributed by atoms with van der Waals surface area (Å²) in [6.07, 6.45) is 2.60. The Morgan fingerprint density at radius 3 is 2.32 bits per heavy atom. The van der Waals surface area contributed by atoms with E-state index in [9.17, 15) is 4.79 Å². The number of benzene rings is 1. The first-order valence-corrected chi connectivity index (χ1v) is 8.76. The van der Waals surface area contributed by atoms with E-state index in [-0.39, 0.29) is 11.3 Å². The first-order chi connectivity index (χ1) is 11.7. The minimum absolute atomic E-state index is 0.147. The second kappa shape index (κ2) is 8.65. The lowest BCUT2D eigenvalue weighted by atomic mass is 9.85. The van der Waals surface area contributed by atoms with E-state index < -0.39 is 0 Å². The van der Waals surface area contributed by atoms with Crippen molar-refractivity contribution < 1.29 is 4.79 Å². The van der Waals surface area contributed by atoms with Crippen LogP contribution in [0.4, 0.5) is 5.69 Å². The Bertz CT molecular complexity index is 736. The van der Waals surface area contributed by atoms with Crippen LogP contribution >= 0.6 is 0 Å². The Labute approximate surface area is 152 Å². The number of carbonyl (C=O) groups excluding carboxylic acids is 1. The van der Waals surface area contributed by atoms with Crippen LogP contribution in [0.5, 0.6) is 0 Å². The van der Waals surface area contributed by atoms with Gasteiger partial charge in [0.1, 0.15) is 0 Å². The predicted octanol–water partition coefficient (Wildman–Crippen LogP) is 5.46. The van der Waals surface area contributed by atoms with Crippen molar-refractivity contribution in [2.24, 2.45) is 12.5 Å². The zero-order valence-electron chi connectivity index (χ0n) is 16.6. The molecule has 0 aliphatic carbocycles. The molecule has 1 N–H and O–H groups in total. The van der Waals surface area contributed by atoms with Crippen LogP contribution in [0.1, 0.15) is 62.7 Å². The highest BCUT2D eigenvalue weighted by atomic mass is 16.1. The number of rotatable bonds is 4. The summed E-state index contributed by atoms with van der Waals surface area (Å²) < 4.78 is 1.65. The number of amides is 1. The van der Waals surface area contributed by atoms with E-state index >= 15 is 0 Å². The maximum Gasteiger partial charge on any atom is 0.259 e. The monoisotopic (exact) mass is 341 g/mol. The number of aromatic nitrogens is 2. The normalized spacial score (nSPS) is 10.7. The number of allylic oxidation sites excluding steroid dienone is 1. The van der Waals surface area contributed by atoms with Crippen LogP contribution in [0.3, 0.4) is 0 Å². The number of hydrogen-bond acceptors (Lipinski definition) is 2. The van der Waals surface area contributed by atoms with E-state index in [1.54, 1.807) is 10.9 Å². The van der Waals surface area contributed by atoms with Gasteiger partial charge >= 0.3 is 0 Å². The lowest BCUT2D eigenvalue weighted by molar-refractivity contribution is 0.102. The first-order valence-electron chi connectivity index (χ1n) is 8.76. The van der Waals surface area contributed by atoms with Gasteiger partial charge in [-0.15, -0.1) is 0 Å². The number of anilines is 1. The summed E-state index contributed by atoms with van der Waals surface area (Å²) in [5.41, 5.74) is 4.25. The average Bonchev–Trinajstić information content (AvgIpc) is 2.87. The maximum absolute atomic E-state index is 12.5. The maximum atomic E-state index is 12.5. The van der Waals surface area contributed by atoms with Gasteiger partial charge in [-0.1, -0.05) is 59.4 Å². The molecule has 1 heterocycles. The molecule has 2 aromatic rings. The Morgan fingerprint density at radius 2 is 1.80 bits per heavy atom. The Hall–Kier alpha value is -2.36. The summed E-state index contributed by atoms with van der Waals surface area (Å²) in [6, 6.07) is 7.79. The number of para-hydroxylation sites is 1. The lowest BCUT2D eigenvalue weighted by Crippen LogP contribution is -2.14. The molecule has 0 spiro atoms. The summed E-state index contributed by atoms with van der Waals surface area (Å²) in [5.74, 6) is -0.147. The second-order valence-corrected chi connectivity index (χ2v) is 7.14. The van der Waals surface area contributed by atoms with E-state index in [0.29, 0.717) is 5.56 Å². The molecule has 0 aliphatic rings. The number of nitrogens with zero attached hydrogens (tertiary/aromatic N) is 2. The average molecular weight is 341 g/mol. The van der Waals surface area contributed by atoms with E-state index in [1.165, 1.54) is 0 Å². The van der Waals surface area contributed by atoms with Crippen LogP contribution in [0.2, 0.25) is 0 Å². The van der Waals surface area contributed by atoms with Gasteiger partial charge in [-0.05, 0) is 30.4 Å². The molecule has 25 heavy (non-hydrogen) atoms. The fourth-order valence-corrected chi connectivity index (χ4v) is 2.65. The highest BCUT2D eigenvalue weighted by Crippen LogP contribution is 2.32. The predicted molar refractivity (Wildman–Crippen MR) is 107 cm³/mol. The van der Waals surface area contributed by atoms with Crippen LogP contribution in [0.25, 0.3) is 5.57 Å². The molecule has 136 valence electrons. The van der Waals surface area contributed by atoms with Crippen LogP contribution in [-0.2, 0) is 7.05 Å². The summed E-state index contributed by atoms with van der Waals surface area (Å²) >= 11 is 0. The summed E-state index contributed by atoms with van der Waals surface area (Å²) in [5, 5.41) is 7.21. The van der Waals surface area contributed by atoms with Gasteiger partial charge in [-0.25, -0.2) is 0 Å². The van der Waals surface area contributed by atoms with E-state index in [4.69, 9.17) is 0 Å². The summed E-state index contributed by atoms with van der Waals surface area (Å²) in [4.78, 5) is 12.5. The molecule has 0 saturated heterocycles. The molecule has 0 unspecified atom stereocenters. The number of carbonyl (C=O) groups is 1. The van der Waals surface area contributed by atoms with Crippen LogP contribution in [-0.4, -0.2) is 15.7 Å². The summed E-state index contributed by atoms with van der Waals surface area (Å²) in [6.45, 7) is 16.6. The van der Waals surface area contributed by atoms with Gasteiger partial charge in [0.15, 0.2) is 0 Å². The molecule has 1 aromatic carbocycles. The minimum atomic E-state index is -0.147. The fraction of sp³-hybridized carbons (Fsp3) is 0.429. The van der Waals surface area contributed by atoms with Gasteiger partial charge in [-0.3, -0.25) is 9.48 Å². The topological polar surface area (TPSA) is 46.9 Å². The molecule has 0 aliphatic heterocycles. The van der Waals surface area contributed by atoms with Crippen molar-refractivity contribution in [3.05, 3.63) is 53.9 Å². The molecule has 0 radical (unpaired) electrons. The van der Waals surface area contributed by atoms with Crippen LogP contribution in [0.15, 0.2) is 37.0 Å². The largest absolute Gasteiger partial charge is 0.321 e. The Balaban J connectivity index is 0.00000151. The Morgan fingerprint density at radius 1 is 1.20 bits per heavy atom. The molecular formula is C21H31N3O. The van der Waals surface area contributed by atoms with Gasteiger partial charge in [0.2, 0.25) is 0 Å². The Kier molecular flexibility index (Phi) is 7.16. The van der Waals surface area contributed by atoms with Crippen molar-refractivity contribution in [1.29, 1.82) is 0 Å². The SMILES string of the molecule is C=C(CC(C)(C)C)c1ccccc1NC(=O)c1cn(C)nc1C.CC. The number of hydrogen-bond donors (Lipinski definition) is 1. The van der Waals surface area contributed by atoms with Crippen LogP contribution < -0.4 is 5.32 Å². The van der Waals surface area contributed by atoms with Crippen molar-refractivity contribution in [3.8, 4) is 0 Å². The molecule has 0 saturated carbocycles. The first kappa shape index (κ1) is 20.7. The van der Waals surface area contributed by atoms with Crippen molar-refractivity contribution in [3.63, 3.8) is 0 Å². The smallest absolute Gasteiger partial charge is 0.259 e. The highest BCUT2D eigenvalue weighted by molar-refractivity contribution is 6.06. The van der Waals surface area contributed by atoms with Gasteiger partial charge in [0.05, 0.1) is 11.3 Å². The van der Waals surface area contributed by atoms with Gasteiger partial charge in [-0.2, -0.15) is 5.10 Å². The van der Waals surface area contributed by atoms with E-state index in [1.807, 2.05) is 52.1 Å². The summed E-state index contributed by atoms with van der Waals surface area (Å²) in [7, 11) is 1.81. The van der Waals surface area contributed by atoms with Crippen LogP contribution in [0, 0.1) is 12.3 Å². The van der Waals surface area contributed by atoms with Crippen molar-refractivity contribution >= 4 is 17.2 Å².